The Bertz CT molecular complexity index is 455. The molecule has 0 aliphatic rings. The van der Waals surface area contributed by atoms with E-state index in [2.05, 4.69) is 26.2 Å². The lowest BCUT2D eigenvalue weighted by Crippen LogP contribution is -1.95. The summed E-state index contributed by atoms with van der Waals surface area (Å²) in [6.07, 6.45) is 2.63. The standard InChI is InChI=1S/C10H9BrClN3/c11-9-3-1-2-4-10(9)15-7-8(5-6-12)13-14-15/h1-4,7H,5-6H2. The molecule has 0 saturated carbocycles. The fourth-order valence-corrected chi connectivity index (χ4v) is 1.93. The maximum absolute atomic E-state index is 5.64. The van der Waals surface area contributed by atoms with Gasteiger partial charge in [0.1, 0.15) is 0 Å². The van der Waals surface area contributed by atoms with Gasteiger partial charge in [0.15, 0.2) is 0 Å². The zero-order valence-corrected chi connectivity index (χ0v) is 10.2. The van der Waals surface area contributed by atoms with Crippen LogP contribution in [0.25, 0.3) is 5.69 Å². The molecule has 1 aromatic carbocycles. The van der Waals surface area contributed by atoms with Crippen LogP contribution in [-0.4, -0.2) is 20.9 Å². The van der Waals surface area contributed by atoms with E-state index in [1.54, 1.807) is 4.68 Å². The van der Waals surface area contributed by atoms with Crippen molar-refractivity contribution in [1.29, 1.82) is 0 Å². The van der Waals surface area contributed by atoms with Gasteiger partial charge in [-0.15, -0.1) is 16.7 Å². The predicted octanol–water partition coefficient (Wildman–Crippen LogP) is 2.81. The third kappa shape index (κ3) is 2.38. The average molecular weight is 287 g/mol. The van der Waals surface area contributed by atoms with Crippen molar-refractivity contribution < 1.29 is 0 Å². The van der Waals surface area contributed by atoms with Crippen molar-refractivity contribution in [2.75, 3.05) is 5.88 Å². The highest BCUT2D eigenvalue weighted by Crippen LogP contribution is 2.19. The average Bonchev–Trinajstić information content (AvgIpc) is 2.68. The molecule has 0 fully saturated rings. The summed E-state index contributed by atoms with van der Waals surface area (Å²) in [5.41, 5.74) is 1.88. The minimum Gasteiger partial charge on any atom is -0.219 e. The fraction of sp³-hybridized carbons (Fsp3) is 0.200. The second-order valence-electron chi connectivity index (χ2n) is 3.04. The van der Waals surface area contributed by atoms with Crippen LogP contribution >= 0.6 is 27.5 Å². The second-order valence-corrected chi connectivity index (χ2v) is 4.28. The third-order valence-electron chi connectivity index (χ3n) is 1.99. The van der Waals surface area contributed by atoms with Gasteiger partial charge in [-0.3, -0.25) is 0 Å². The van der Waals surface area contributed by atoms with E-state index in [4.69, 9.17) is 11.6 Å². The highest BCUT2D eigenvalue weighted by Gasteiger charge is 2.04. The minimum absolute atomic E-state index is 0.564. The van der Waals surface area contributed by atoms with Crippen molar-refractivity contribution in [1.82, 2.24) is 15.0 Å². The molecule has 1 heterocycles. The smallest absolute Gasteiger partial charge is 0.0843 e. The second kappa shape index (κ2) is 4.77. The summed E-state index contributed by atoms with van der Waals surface area (Å²) in [7, 11) is 0. The number of rotatable bonds is 3. The van der Waals surface area contributed by atoms with E-state index >= 15 is 0 Å². The van der Waals surface area contributed by atoms with Gasteiger partial charge in [-0.1, -0.05) is 17.3 Å². The molecule has 78 valence electrons. The first-order valence-electron chi connectivity index (χ1n) is 4.53. The van der Waals surface area contributed by atoms with Gasteiger partial charge in [-0.2, -0.15) is 0 Å². The van der Waals surface area contributed by atoms with Crippen LogP contribution in [0, 0.1) is 0 Å². The summed E-state index contributed by atoms with van der Waals surface area (Å²) in [4.78, 5) is 0. The Morgan fingerprint density at radius 1 is 1.33 bits per heavy atom. The Morgan fingerprint density at radius 2 is 2.13 bits per heavy atom. The molecule has 2 aromatic rings. The van der Waals surface area contributed by atoms with E-state index < -0.39 is 0 Å². The number of alkyl halides is 1. The fourth-order valence-electron chi connectivity index (χ4n) is 1.27. The third-order valence-corrected chi connectivity index (χ3v) is 2.85. The van der Waals surface area contributed by atoms with Crippen LogP contribution in [0.15, 0.2) is 34.9 Å². The van der Waals surface area contributed by atoms with Crippen molar-refractivity contribution >= 4 is 27.5 Å². The number of hydrogen-bond donors (Lipinski definition) is 0. The first-order valence-corrected chi connectivity index (χ1v) is 5.86. The van der Waals surface area contributed by atoms with E-state index in [1.807, 2.05) is 30.5 Å². The molecule has 0 aliphatic carbocycles. The summed E-state index contributed by atoms with van der Waals surface area (Å²) in [6.45, 7) is 0. The zero-order chi connectivity index (χ0) is 10.7. The Kier molecular flexibility index (Phi) is 3.38. The molecule has 2 rings (SSSR count). The van der Waals surface area contributed by atoms with Gasteiger partial charge >= 0.3 is 0 Å². The number of nitrogens with zero attached hydrogens (tertiary/aromatic N) is 3. The highest BCUT2D eigenvalue weighted by molar-refractivity contribution is 9.10. The Balaban J connectivity index is 2.33. The van der Waals surface area contributed by atoms with E-state index in [9.17, 15) is 0 Å². The number of para-hydroxylation sites is 1. The summed E-state index contributed by atoms with van der Waals surface area (Å²) in [5, 5.41) is 8.08. The molecule has 0 saturated heterocycles. The molecule has 1 aromatic heterocycles. The first kappa shape index (κ1) is 10.6. The van der Waals surface area contributed by atoms with Crippen molar-refractivity contribution in [3.63, 3.8) is 0 Å². The monoisotopic (exact) mass is 285 g/mol. The number of aryl methyl sites for hydroxylation is 1. The van der Waals surface area contributed by atoms with Crippen LogP contribution in [0.1, 0.15) is 5.69 Å². The van der Waals surface area contributed by atoms with Crippen LogP contribution in [-0.2, 0) is 6.42 Å². The quantitative estimate of drug-likeness (QED) is 0.812. The molecule has 0 radical (unpaired) electrons. The Morgan fingerprint density at radius 3 is 2.87 bits per heavy atom. The highest BCUT2D eigenvalue weighted by atomic mass is 79.9. The van der Waals surface area contributed by atoms with Crippen LogP contribution < -0.4 is 0 Å². The van der Waals surface area contributed by atoms with Gasteiger partial charge < -0.3 is 0 Å². The van der Waals surface area contributed by atoms with Crippen molar-refractivity contribution in [3.8, 4) is 5.69 Å². The lowest BCUT2D eigenvalue weighted by Gasteiger charge is -2.01. The van der Waals surface area contributed by atoms with Gasteiger partial charge in [0.25, 0.3) is 0 Å². The van der Waals surface area contributed by atoms with Crippen LogP contribution in [0.3, 0.4) is 0 Å². The summed E-state index contributed by atoms with van der Waals surface area (Å²) < 4.78 is 2.73. The van der Waals surface area contributed by atoms with Gasteiger partial charge in [0, 0.05) is 16.8 Å². The van der Waals surface area contributed by atoms with E-state index in [0.717, 1.165) is 22.3 Å². The molecule has 15 heavy (non-hydrogen) atoms. The van der Waals surface area contributed by atoms with E-state index in [1.165, 1.54) is 0 Å². The Labute approximate surface area is 101 Å². The lowest BCUT2D eigenvalue weighted by atomic mass is 10.3. The molecule has 5 heteroatoms. The maximum Gasteiger partial charge on any atom is 0.0843 e. The molecular weight excluding hydrogens is 277 g/mol. The Hall–Kier alpha value is -0.870. The van der Waals surface area contributed by atoms with Gasteiger partial charge in [0.05, 0.1) is 17.6 Å². The van der Waals surface area contributed by atoms with Crippen LogP contribution in [0.4, 0.5) is 0 Å². The van der Waals surface area contributed by atoms with Gasteiger partial charge in [-0.25, -0.2) is 4.68 Å². The molecule has 3 nitrogen and oxygen atoms in total. The van der Waals surface area contributed by atoms with Crippen LogP contribution in [0.2, 0.25) is 0 Å². The lowest BCUT2D eigenvalue weighted by molar-refractivity contribution is 0.795. The summed E-state index contributed by atoms with van der Waals surface area (Å²) in [5.74, 6) is 0.564. The first-order chi connectivity index (χ1) is 7.31. The molecule has 0 atom stereocenters. The summed E-state index contributed by atoms with van der Waals surface area (Å²) in [6, 6.07) is 7.87. The molecule has 0 bridgehead atoms. The maximum atomic E-state index is 5.64. The van der Waals surface area contributed by atoms with E-state index in [-0.39, 0.29) is 0 Å². The normalized spacial score (nSPS) is 10.5. The minimum atomic E-state index is 0.564. The van der Waals surface area contributed by atoms with Gasteiger partial charge in [-0.05, 0) is 28.1 Å². The van der Waals surface area contributed by atoms with Crippen LogP contribution in [0.5, 0.6) is 0 Å². The molecule has 0 unspecified atom stereocenters. The van der Waals surface area contributed by atoms with Crippen molar-refractivity contribution in [2.45, 2.75) is 6.42 Å². The summed E-state index contributed by atoms with van der Waals surface area (Å²) >= 11 is 9.10. The van der Waals surface area contributed by atoms with Gasteiger partial charge in [0.2, 0.25) is 0 Å². The van der Waals surface area contributed by atoms with E-state index in [0.29, 0.717) is 5.88 Å². The molecule has 0 amide bonds. The predicted molar refractivity (Wildman–Crippen MR) is 63.5 cm³/mol. The molecule has 0 aliphatic heterocycles. The number of benzene rings is 1. The molecule has 0 N–H and O–H groups in total. The number of hydrogen-bond acceptors (Lipinski definition) is 2. The largest absolute Gasteiger partial charge is 0.219 e. The van der Waals surface area contributed by atoms with Crippen molar-refractivity contribution in [3.05, 3.63) is 40.6 Å². The molecule has 0 spiro atoms. The zero-order valence-electron chi connectivity index (χ0n) is 7.90. The molecular formula is C10H9BrClN3. The topological polar surface area (TPSA) is 30.7 Å². The number of aromatic nitrogens is 3. The van der Waals surface area contributed by atoms with Crippen molar-refractivity contribution in [2.24, 2.45) is 0 Å². The SMILES string of the molecule is ClCCc1cn(-c2ccccc2Br)nn1. The number of halogens is 2.